The van der Waals surface area contributed by atoms with Gasteiger partial charge in [0.05, 0.1) is 11.8 Å². The smallest absolute Gasteiger partial charge is 0.330 e. The molecule has 1 aliphatic heterocycles. The minimum Gasteiger partial charge on any atom is -0.454 e. The summed E-state index contributed by atoms with van der Waals surface area (Å²) in [5, 5.41) is 0. The van der Waals surface area contributed by atoms with Crippen molar-refractivity contribution in [3.05, 3.63) is 46.5 Å². The molecule has 4 rings (SSSR count). The van der Waals surface area contributed by atoms with Crippen LogP contribution in [0.25, 0.3) is 0 Å². The summed E-state index contributed by atoms with van der Waals surface area (Å²) in [6.07, 6.45) is 4.76. The molecule has 1 saturated heterocycles. The highest BCUT2D eigenvalue weighted by Crippen LogP contribution is 2.53. The molecule has 2 N–H and O–H groups in total. The van der Waals surface area contributed by atoms with Gasteiger partial charge in [-0.3, -0.25) is 34.9 Å². The molecule has 33 heavy (non-hydrogen) atoms. The number of fused-ring (bicyclic) bond motifs is 5. The number of imide groups is 1. The second-order valence-electron chi connectivity index (χ2n) is 8.85. The number of rotatable bonds is 6. The van der Waals surface area contributed by atoms with Crippen LogP contribution in [0.15, 0.2) is 40.9 Å². The molecule has 1 saturated carbocycles. The Morgan fingerprint density at radius 2 is 1.61 bits per heavy atom. The van der Waals surface area contributed by atoms with Gasteiger partial charge in [-0.1, -0.05) is 41.9 Å². The van der Waals surface area contributed by atoms with Gasteiger partial charge in [-0.05, 0) is 48.4 Å². The quantitative estimate of drug-likeness (QED) is 0.255. The Labute approximate surface area is 199 Å². The van der Waals surface area contributed by atoms with Crippen molar-refractivity contribution in [2.24, 2.45) is 29.6 Å². The molecule has 2 bridgehead atoms. The molecule has 9 nitrogen and oxygen atoms in total. The van der Waals surface area contributed by atoms with Crippen molar-refractivity contribution < 1.29 is 28.7 Å². The highest BCUT2D eigenvalue weighted by atomic mass is 79.9. The number of esters is 1. The normalized spacial score (nSPS) is 25.9. The monoisotopic (exact) mass is 517 g/mol. The van der Waals surface area contributed by atoms with Gasteiger partial charge in [0.15, 0.2) is 6.61 Å². The third-order valence-electron chi connectivity index (χ3n) is 6.42. The van der Waals surface area contributed by atoms with Crippen molar-refractivity contribution in [1.29, 1.82) is 0 Å². The van der Waals surface area contributed by atoms with E-state index in [1.807, 2.05) is 12.2 Å². The molecular formula is C23H24BrN3O6. The third kappa shape index (κ3) is 4.31. The van der Waals surface area contributed by atoms with Crippen LogP contribution in [0.2, 0.25) is 0 Å². The molecule has 5 atom stereocenters. The van der Waals surface area contributed by atoms with Gasteiger partial charge >= 0.3 is 5.97 Å². The Balaban J connectivity index is 1.33. The van der Waals surface area contributed by atoms with Crippen LogP contribution >= 0.6 is 15.9 Å². The van der Waals surface area contributed by atoms with Gasteiger partial charge in [0, 0.05) is 10.0 Å². The van der Waals surface area contributed by atoms with E-state index >= 15 is 0 Å². The lowest BCUT2D eigenvalue weighted by molar-refractivity contribution is -0.162. The van der Waals surface area contributed by atoms with Crippen molar-refractivity contribution in [3.63, 3.8) is 0 Å². The molecule has 4 amide bonds. The van der Waals surface area contributed by atoms with E-state index in [-0.39, 0.29) is 23.7 Å². The number of hydrazine groups is 1. The van der Waals surface area contributed by atoms with E-state index in [4.69, 9.17) is 4.74 Å². The fourth-order valence-electron chi connectivity index (χ4n) is 4.93. The first-order valence-electron chi connectivity index (χ1n) is 10.8. The van der Waals surface area contributed by atoms with Crippen LogP contribution in [0, 0.1) is 29.6 Å². The predicted octanol–water partition coefficient (Wildman–Crippen LogP) is 1.58. The molecule has 10 heteroatoms. The van der Waals surface area contributed by atoms with Crippen LogP contribution in [0.1, 0.15) is 30.6 Å². The van der Waals surface area contributed by atoms with Crippen LogP contribution in [-0.4, -0.2) is 47.1 Å². The molecule has 174 valence electrons. The summed E-state index contributed by atoms with van der Waals surface area (Å²) < 4.78 is 5.91. The summed E-state index contributed by atoms with van der Waals surface area (Å²) in [6.45, 7) is 2.76. The van der Waals surface area contributed by atoms with Crippen LogP contribution < -0.4 is 10.9 Å². The standard InChI is InChI=1S/C23H24BrN3O6/c1-11(2)19(27-21(30)17-13-3-4-14(9-13)18(17)22(27)31)23(32)33-10-16(28)25-26-20(29)12-5-7-15(24)8-6-12/h3-8,11,13-14,17-19H,9-10H2,1-2H3,(H,25,28)(H,26,29)/t13-,14-,17-,18+,19+/m0/s1. The van der Waals surface area contributed by atoms with Gasteiger partial charge in [-0.25, -0.2) is 4.79 Å². The van der Waals surface area contributed by atoms with Crippen molar-refractivity contribution >= 4 is 45.5 Å². The summed E-state index contributed by atoms with van der Waals surface area (Å²) in [6, 6.07) is 5.39. The van der Waals surface area contributed by atoms with E-state index < -0.39 is 48.2 Å². The van der Waals surface area contributed by atoms with Crippen LogP contribution in [0.5, 0.6) is 0 Å². The highest BCUT2D eigenvalue weighted by Gasteiger charge is 2.61. The Morgan fingerprint density at radius 3 is 2.15 bits per heavy atom. The van der Waals surface area contributed by atoms with Crippen LogP contribution in [0.3, 0.4) is 0 Å². The number of likely N-dealkylation sites (tertiary alicyclic amines) is 1. The Hall–Kier alpha value is -3.01. The summed E-state index contributed by atoms with van der Waals surface area (Å²) >= 11 is 3.27. The molecule has 1 aromatic rings. The lowest BCUT2D eigenvalue weighted by Crippen LogP contribution is -2.50. The summed E-state index contributed by atoms with van der Waals surface area (Å²) in [4.78, 5) is 64.1. The lowest BCUT2D eigenvalue weighted by Gasteiger charge is -2.28. The number of hydrogen-bond acceptors (Lipinski definition) is 6. The fourth-order valence-corrected chi connectivity index (χ4v) is 5.20. The van der Waals surface area contributed by atoms with Gasteiger partial charge in [-0.2, -0.15) is 0 Å². The number of nitrogens with one attached hydrogen (secondary N) is 2. The van der Waals surface area contributed by atoms with Crippen molar-refractivity contribution in [2.75, 3.05) is 6.61 Å². The van der Waals surface area contributed by atoms with Crippen molar-refractivity contribution in [1.82, 2.24) is 15.8 Å². The number of allylic oxidation sites excluding steroid dienone is 2. The van der Waals surface area contributed by atoms with Gasteiger partial charge in [0.2, 0.25) is 11.8 Å². The molecule has 1 heterocycles. The van der Waals surface area contributed by atoms with E-state index in [1.54, 1.807) is 38.1 Å². The summed E-state index contributed by atoms with van der Waals surface area (Å²) in [7, 11) is 0. The van der Waals surface area contributed by atoms with Gasteiger partial charge in [-0.15, -0.1) is 0 Å². The van der Waals surface area contributed by atoms with E-state index in [1.165, 1.54) is 0 Å². The molecule has 1 aromatic carbocycles. The minimum atomic E-state index is -1.11. The zero-order valence-electron chi connectivity index (χ0n) is 18.1. The average molecular weight is 518 g/mol. The lowest BCUT2D eigenvalue weighted by atomic mass is 9.85. The zero-order chi connectivity index (χ0) is 23.9. The van der Waals surface area contributed by atoms with Crippen molar-refractivity contribution in [3.8, 4) is 0 Å². The third-order valence-corrected chi connectivity index (χ3v) is 6.95. The predicted molar refractivity (Wildman–Crippen MR) is 119 cm³/mol. The van der Waals surface area contributed by atoms with E-state index in [0.717, 1.165) is 15.8 Å². The number of carbonyl (C=O) groups excluding carboxylic acids is 5. The van der Waals surface area contributed by atoms with E-state index in [2.05, 4.69) is 26.8 Å². The molecule has 0 aromatic heterocycles. The number of amides is 4. The maximum Gasteiger partial charge on any atom is 0.330 e. The SMILES string of the molecule is CC(C)[C@H](C(=O)OCC(=O)NNC(=O)c1ccc(Br)cc1)N1C(=O)[C@@H]2[C@H](C1=O)[C@H]1C=C[C@H]2C1. The van der Waals surface area contributed by atoms with E-state index in [9.17, 15) is 24.0 Å². The number of carbonyl (C=O) groups is 5. The topological polar surface area (TPSA) is 122 Å². The molecule has 3 aliphatic rings. The van der Waals surface area contributed by atoms with E-state index in [0.29, 0.717) is 5.56 Å². The Bertz CT molecular complexity index is 1010. The maximum absolute atomic E-state index is 13.0. The highest BCUT2D eigenvalue weighted by molar-refractivity contribution is 9.10. The second kappa shape index (κ2) is 9.09. The minimum absolute atomic E-state index is 0.0328. The molecule has 2 fully saturated rings. The summed E-state index contributed by atoms with van der Waals surface area (Å²) in [5.41, 5.74) is 4.74. The van der Waals surface area contributed by atoms with Gasteiger partial charge in [0.1, 0.15) is 6.04 Å². The molecule has 2 aliphatic carbocycles. The molecule has 0 radical (unpaired) electrons. The summed E-state index contributed by atoms with van der Waals surface area (Å²) in [5.74, 6) is -3.98. The van der Waals surface area contributed by atoms with Crippen molar-refractivity contribution in [2.45, 2.75) is 26.3 Å². The largest absolute Gasteiger partial charge is 0.454 e. The van der Waals surface area contributed by atoms with Crippen LogP contribution in [0.4, 0.5) is 0 Å². The number of nitrogens with zero attached hydrogens (tertiary/aromatic N) is 1. The number of hydrogen-bond donors (Lipinski definition) is 2. The Morgan fingerprint density at radius 1 is 1.03 bits per heavy atom. The van der Waals surface area contributed by atoms with Gasteiger partial charge < -0.3 is 4.74 Å². The van der Waals surface area contributed by atoms with Gasteiger partial charge in [0.25, 0.3) is 11.8 Å². The average Bonchev–Trinajstić information content (AvgIpc) is 3.46. The fraction of sp³-hybridized carbons (Fsp3) is 0.435. The first-order valence-corrected chi connectivity index (χ1v) is 11.5. The first-order chi connectivity index (χ1) is 15.7. The maximum atomic E-state index is 13.0. The zero-order valence-corrected chi connectivity index (χ0v) is 19.7. The number of benzene rings is 1. The first kappa shape index (κ1) is 23.2. The molecular weight excluding hydrogens is 494 g/mol. The van der Waals surface area contributed by atoms with Crippen LogP contribution in [-0.2, 0) is 23.9 Å². The molecule has 0 spiro atoms. The number of ether oxygens (including phenoxy) is 1. The number of halogens is 1. The Kier molecular flexibility index (Phi) is 6.38. The second-order valence-corrected chi connectivity index (χ2v) is 9.77. The molecule has 0 unspecified atom stereocenters.